The number of esters is 1. The summed E-state index contributed by atoms with van der Waals surface area (Å²) in [6, 6.07) is 0. The predicted molar refractivity (Wildman–Crippen MR) is 67.2 cm³/mol. The van der Waals surface area contributed by atoms with E-state index in [1.54, 1.807) is 6.92 Å². The summed E-state index contributed by atoms with van der Waals surface area (Å²) in [6.45, 7) is 3.47. The molecule has 2 rings (SSSR count). The predicted octanol–water partition coefficient (Wildman–Crippen LogP) is 0.295. The number of nitrogens with one attached hydrogen (secondary N) is 1. The fourth-order valence-electron chi connectivity index (χ4n) is 1.50. The van der Waals surface area contributed by atoms with Gasteiger partial charge in [-0.1, -0.05) is 0 Å². The maximum Gasteiger partial charge on any atom is 0.341 e. The highest BCUT2D eigenvalue weighted by Gasteiger charge is 2.29. The number of carbonyl (C=O) groups is 3. The summed E-state index contributed by atoms with van der Waals surface area (Å²) in [5.41, 5.74) is 2.99. The Kier molecular flexibility index (Phi) is 3.74. The van der Waals surface area contributed by atoms with Crippen LogP contribution in [0.2, 0.25) is 0 Å². The van der Waals surface area contributed by atoms with Gasteiger partial charge in [0.1, 0.15) is 0 Å². The summed E-state index contributed by atoms with van der Waals surface area (Å²) in [7, 11) is 0. The normalized spacial score (nSPS) is 14.3. The molecule has 0 fully saturated rings. The van der Waals surface area contributed by atoms with Crippen LogP contribution < -0.4 is 5.43 Å². The molecule has 1 aromatic heterocycles. The Hall–Kier alpha value is -2.77. The molecule has 0 atom stereocenters. The van der Waals surface area contributed by atoms with Crippen LogP contribution in [-0.4, -0.2) is 39.4 Å². The van der Waals surface area contributed by atoms with E-state index >= 15 is 0 Å². The van der Waals surface area contributed by atoms with Crippen molar-refractivity contribution in [2.24, 2.45) is 0 Å². The van der Waals surface area contributed by atoms with Crippen LogP contribution >= 0.6 is 0 Å². The molecule has 20 heavy (non-hydrogen) atoms. The number of aromatic nitrogens is 2. The second-order valence-corrected chi connectivity index (χ2v) is 3.93. The molecule has 0 saturated heterocycles. The van der Waals surface area contributed by atoms with E-state index in [0.717, 1.165) is 5.01 Å². The average Bonchev–Trinajstić information content (AvgIpc) is 2.66. The first-order valence-corrected chi connectivity index (χ1v) is 5.85. The van der Waals surface area contributed by atoms with E-state index in [1.165, 1.54) is 25.4 Å². The molecule has 0 aromatic carbocycles. The Morgan fingerprint density at radius 2 is 2.00 bits per heavy atom. The van der Waals surface area contributed by atoms with Gasteiger partial charge >= 0.3 is 5.97 Å². The first-order chi connectivity index (χ1) is 9.52. The lowest BCUT2D eigenvalue weighted by Crippen LogP contribution is -2.37. The lowest BCUT2D eigenvalue weighted by Gasteiger charge is -2.15. The van der Waals surface area contributed by atoms with Crippen LogP contribution in [-0.2, 0) is 14.3 Å². The van der Waals surface area contributed by atoms with Gasteiger partial charge in [0.05, 0.1) is 12.2 Å². The highest BCUT2D eigenvalue weighted by Crippen LogP contribution is 2.12. The SMILES string of the molecule is CCOC(=O)c1cnc(NN2C(=O)C=C(C)C2=O)nc1. The van der Waals surface area contributed by atoms with E-state index in [0.29, 0.717) is 5.57 Å². The smallest absolute Gasteiger partial charge is 0.341 e. The molecule has 0 saturated carbocycles. The molecule has 2 amide bonds. The van der Waals surface area contributed by atoms with E-state index in [2.05, 4.69) is 15.4 Å². The van der Waals surface area contributed by atoms with Gasteiger partial charge in [0, 0.05) is 24.0 Å². The highest BCUT2D eigenvalue weighted by atomic mass is 16.5. The Morgan fingerprint density at radius 3 is 2.50 bits per heavy atom. The van der Waals surface area contributed by atoms with E-state index in [9.17, 15) is 14.4 Å². The molecule has 0 spiro atoms. The number of hydrazine groups is 1. The van der Waals surface area contributed by atoms with E-state index in [-0.39, 0.29) is 18.1 Å². The molecule has 2 heterocycles. The van der Waals surface area contributed by atoms with Crippen LogP contribution in [0.1, 0.15) is 24.2 Å². The molecule has 0 bridgehead atoms. The standard InChI is InChI=1S/C12H12N4O4/c1-3-20-11(19)8-5-13-12(14-6-8)15-16-9(17)4-7(2)10(16)18/h4-6H,3H2,1-2H3,(H,13,14,15). The van der Waals surface area contributed by atoms with Gasteiger partial charge in [0.25, 0.3) is 11.8 Å². The van der Waals surface area contributed by atoms with Gasteiger partial charge in [-0.15, -0.1) is 0 Å². The Morgan fingerprint density at radius 1 is 1.35 bits per heavy atom. The van der Waals surface area contributed by atoms with Crippen molar-refractivity contribution in [2.75, 3.05) is 12.0 Å². The Labute approximate surface area is 114 Å². The van der Waals surface area contributed by atoms with Crippen molar-refractivity contribution in [3.05, 3.63) is 29.6 Å². The first kappa shape index (κ1) is 13.7. The highest BCUT2D eigenvalue weighted by molar-refractivity contribution is 6.16. The maximum atomic E-state index is 11.6. The number of hydrogen-bond acceptors (Lipinski definition) is 7. The lowest BCUT2D eigenvalue weighted by atomic mass is 10.3. The van der Waals surface area contributed by atoms with Gasteiger partial charge in [-0.3, -0.25) is 15.0 Å². The van der Waals surface area contributed by atoms with Crippen LogP contribution in [0, 0.1) is 0 Å². The maximum absolute atomic E-state index is 11.6. The zero-order chi connectivity index (χ0) is 14.7. The van der Waals surface area contributed by atoms with Gasteiger partial charge in [0.15, 0.2) is 0 Å². The van der Waals surface area contributed by atoms with Gasteiger partial charge in [-0.2, -0.15) is 5.01 Å². The Balaban J connectivity index is 2.07. The zero-order valence-corrected chi connectivity index (χ0v) is 10.9. The number of carbonyl (C=O) groups excluding carboxylic acids is 3. The van der Waals surface area contributed by atoms with Gasteiger partial charge < -0.3 is 4.74 Å². The average molecular weight is 276 g/mol. The van der Waals surface area contributed by atoms with Crippen LogP contribution in [0.4, 0.5) is 5.95 Å². The summed E-state index contributed by atoms with van der Waals surface area (Å²) >= 11 is 0. The van der Waals surface area contributed by atoms with Crippen molar-refractivity contribution in [3.8, 4) is 0 Å². The largest absolute Gasteiger partial charge is 0.462 e. The quantitative estimate of drug-likeness (QED) is 0.623. The summed E-state index contributed by atoms with van der Waals surface area (Å²) < 4.78 is 4.78. The number of rotatable bonds is 4. The third kappa shape index (κ3) is 2.63. The number of ether oxygens (including phenoxy) is 1. The fourth-order valence-corrected chi connectivity index (χ4v) is 1.50. The van der Waals surface area contributed by atoms with Crippen molar-refractivity contribution in [1.82, 2.24) is 15.0 Å². The number of anilines is 1. The molecular formula is C12H12N4O4. The molecule has 0 aliphatic carbocycles. The minimum Gasteiger partial charge on any atom is -0.462 e. The van der Waals surface area contributed by atoms with Crippen LogP contribution in [0.5, 0.6) is 0 Å². The lowest BCUT2D eigenvalue weighted by molar-refractivity contribution is -0.135. The second-order valence-electron chi connectivity index (χ2n) is 3.93. The molecule has 1 aromatic rings. The Bertz CT molecular complexity index is 594. The molecule has 1 aliphatic heterocycles. The minimum atomic E-state index is -0.537. The summed E-state index contributed by atoms with van der Waals surface area (Å²) in [6.07, 6.45) is 3.71. The molecule has 0 unspecified atom stereocenters. The summed E-state index contributed by atoms with van der Waals surface area (Å²) in [5, 5.41) is 0.800. The van der Waals surface area contributed by atoms with E-state index < -0.39 is 17.8 Å². The van der Waals surface area contributed by atoms with Crippen LogP contribution in [0.3, 0.4) is 0 Å². The minimum absolute atomic E-state index is 0.0304. The third-order valence-electron chi connectivity index (χ3n) is 2.48. The molecule has 8 heteroatoms. The topological polar surface area (TPSA) is 101 Å². The van der Waals surface area contributed by atoms with E-state index in [4.69, 9.17) is 4.74 Å². The molecule has 8 nitrogen and oxygen atoms in total. The van der Waals surface area contributed by atoms with Gasteiger partial charge in [-0.05, 0) is 13.8 Å². The fraction of sp³-hybridized carbons (Fsp3) is 0.250. The number of imide groups is 1. The first-order valence-electron chi connectivity index (χ1n) is 5.85. The van der Waals surface area contributed by atoms with Gasteiger partial charge in [-0.25, -0.2) is 14.8 Å². The molecule has 1 aliphatic rings. The third-order valence-corrected chi connectivity index (χ3v) is 2.48. The second kappa shape index (κ2) is 5.47. The molecule has 104 valence electrons. The monoisotopic (exact) mass is 276 g/mol. The zero-order valence-electron chi connectivity index (χ0n) is 10.9. The van der Waals surface area contributed by atoms with Crippen molar-refractivity contribution in [2.45, 2.75) is 13.8 Å². The summed E-state index contributed by atoms with van der Waals surface area (Å²) in [4.78, 5) is 42.2. The number of nitrogens with zero attached hydrogens (tertiary/aromatic N) is 3. The van der Waals surface area contributed by atoms with Crippen LogP contribution in [0.15, 0.2) is 24.0 Å². The van der Waals surface area contributed by atoms with Crippen LogP contribution in [0.25, 0.3) is 0 Å². The van der Waals surface area contributed by atoms with Crippen molar-refractivity contribution < 1.29 is 19.1 Å². The number of amides is 2. The molecule has 1 N–H and O–H groups in total. The van der Waals surface area contributed by atoms with E-state index in [1.807, 2.05) is 0 Å². The molecule has 0 radical (unpaired) electrons. The van der Waals surface area contributed by atoms with Crippen molar-refractivity contribution in [3.63, 3.8) is 0 Å². The van der Waals surface area contributed by atoms with Gasteiger partial charge in [0.2, 0.25) is 5.95 Å². The summed E-state index contributed by atoms with van der Waals surface area (Å²) in [5.74, 6) is -1.47. The van der Waals surface area contributed by atoms with Crippen molar-refractivity contribution in [1.29, 1.82) is 0 Å². The van der Waals surface area contributed by atoms with Crippen molar-refractivity contribution >= 4 is 23.7 Å². The number of hydrogen-bond donors (Lipinski definition) is 1. The molecular weight excluding hydrogens is 264 g/mol.